The Balaban J connectivity index is 2.10. The lowest BCUT2D eigenvalue weighted by molar-refractivity contribution is -0.140. The molecule has 7 nitrogen and oxygen atoms in total. The van der Waals surface area contributed by atoms with Gasteiger partial charge in [0.1, 0.15) is 12.6 Å². The molecule has 0 bridgehead atoms. The molecule has 0 unspecified atom stereocenters. The van der Waals surface area contributed by atoms with Crippen LogP contribution in [0.1, 0.15) is 30.0 Å². The number of sulfonamides is 1. The fourth-order valence-electron chi connectivity index (χ4n) is 4.21. The van der Waals surface area contributed by atoms with Gasteiger partial charge in [-0.2, -0.15) is 0 Å². The van der Waals surface area contributed by atoms with Crippen molar-refractivity contribution < 1.29 is 18.0 Å². The average molecular weight is 625 g/mol. The van der Waals surface area contributed by atoms with Gasteiger partial charge >= 0.3 is 0 Å². The molecule has 0 aliphatic carbocycles. The number of benzene rings is 3. The quantitative estimate of drug-likeness (QED) is 0.272. The minimum Gasteiger partial charge on any atom is -0.354 e. The van der Waals surface area contributed by atoms with E-state index in [0.29, 0.717) is 39.2 Å². The highest BCUT2D eigenvalue weighted by Gasteiger charge is 2.33. The van der Waals surface area contributed by atoms with E-state index < -0.39 is 28.5 Å². The van der Waals surface area contributed by atoms with E-state index >= 15 is 0 Å². The fourth-order valence-corrected chi connectivity index (χ4v) is 5.75. The molecule has 0 aromatic heterocycles. The molecule has 0 saturated heterocycles. The summed E-state index contributed by atoms with van der Waals surface area (Å²) in [6.45, 7) is 3.45. The monoisotopic (exact) mass is 623 g/mol. The van der Waals surface area contributed by atoms with E-state index in [9.17, 15) is 18.0 Å². The number of rotatable bonds is 12. The molecule has 40 heavy (non-hydrogen) atoms. The van der Waals surface area contributed by atoms with E-state index in [0.717, 1.165) is 16.1 Å². The Morgan fingerprint density at radius 1 is 0.950 bits per heavy atom. The summed E-state index contributed by atoms with van der Waals surface area (Å²) in [7, 11) is -3.91. The van der Waals surface area contributed by atoms with Crippen LogP contribution in [0.25, 0.3) is 0 Å². The van der Waals surface area contributed by atoms with Gasteiger partial charge in [-0.05, 0) is 54.3 Å². The topological polar surface area (TPSA) is 86.8 Å². The van der Waals surface area contributed by atoms with E-state index in [1.165, 1.54) is 4.90 Å². The van der Waals surface area contributed by atoms with E-state index in [1.807, 2.05) is 37.3 Å². The summed E-state index contributed by atoms with van der Waals surface area (Å²) in [5, 5.41) is 4.00. The minimum absolute atomic E-state index is 0.0436. The van der Waals surface area contributed by atoms with E-state index in [4.69, 9.17) is 34.8 Å². The van der Waals surface area contributed by atoms with Gasteiger partial charge in [0.25, 0.3) is 0 Å². The third-order valence-electron chi connectivity index (χ3n) is 6.36. The van der Waals surface area contributed by atoms with Gasteiger partial charge in [0.2, 0.25) is 21.8 Å². The number of carbonyl (C=O) groups is 2. The maximum atomic E-state index is 14.1. The van der Waals surface area contributed by atoms with Gasteiger partial charge in [0.05, 0.1) is 11.9 Å². The summed E-state index contributed by atoms with van der Waals surface area (Å²) in [4.78, 5) is 29.0. The molecular weight excluding hydrogens is 593 g/mol. The fraction of sp³-hybridized carbons (Fsp3) is 0.310. The number of hydrogen-bond donors (Lipinski definition) is 1. The van der Waals surface area contributed by atoms with Gasteiger partial charge in [0.15, 0.2) is 0 Å². The standard InChI is InChI=1S/C29H32Cl3N3O4S/c1-4-15-33-29(37)27(16-21-9-6-5-7-10-21)34(18-22-13-14-23(30)17-25(22)32)28(36)19-35(40(3,38)39)26-12-8-11-24(31)20(26)2/h5-14,17,27H,4,15-16,18-19H2,1-3H3,(H,33,37)/t27-/m0/s1. The van der Waals surface area contributed by atoms with Crippen LogP contribution >= 0.6 is 34.8 Å². The van der Waals surface area contributed by atoms with Crippen LogP contribution in [0.3, 0.4) is 0 Å². The second-order valence-electron chi connectivity index (χ2n) is 9.41. The predicted molar refractivity (Wildman–Crippen MR) is 163 cm³/mol. The van der Waals surface area contributed by atoms with Crippen molar-refractivity contribution in [1.82, 2.24) is 10.2 Å². The van der Waals surface area contributed by atoms with Crippen LogP contribution in [0.15, 0.2) is 66.7 Å². The van der Waals surface area contributed by atoms with Gasteiger partial charge in [-0.1, -0.05) is 84.2 Å². The zero-order chi connectivity index (χ0) is 29.4. The molecule has 3 rings (SSSR count). The lowest BCUT2D eigenvalue weighted by Crippen LogP contribution is -2.53. The number of nitrogens with one attached hydrogen (secondary N) is 1. The molecule has 0 aliphatic heterocycles. The molecule has 3 aromatic rings. The molecule has 0 spiro atoms. The number of halogens is 3. The van der Waals surface area contributed by atoms with Crippen molar-refractivity contribution in [3.63, 3.8) is 0 Å². The maximum absolute atomic E-state index is 14.1. The summed E-state index contributed by atoms with van der Waals surface area (Å²) < 4.78 is 26.9. The first kappa shape index (κ1) is 31.7. The van der Waals surface area contributed by atoms with Crippen molar-refractivity contribution in [2.24, 2.45) is 0 Å². The van der Waals surface area contributed by atoms with Crippen LogP contribution in [0.5, 0.6) is 0 Å². The van der Waals surface area contributed by atoms with Crippen LogP contribution in [0.2, 0.25) is 15.1 Å². The van der Waals surface area contributed by atoms with Crippen molar-refractivity contribution in [1.29, 1.82) is 0 Å². The van der Waals surface area contributed by atoms with Gasteiger partial charge in [-0.3, -0.25) is 13.9 Å². The number of carbonyl (C=O) groups excluding carboxylic acids is 2. The van der Waals surface area contributed by atoms with E-state index in [-0.39, 0.29) is 24.6 Å². The zero-order valence-electron chi connectivity index (χ0n) is 22.5. The van der Waals surface area contributed by atoms with Gasteiger partial charge in [0, 0.05) is 34.6 Å². The summed E-state index contributed by atoms with van der Waals surface area (Å²) in [5.41, 5.74) is 2.19. The lowest BCUT2D eigenvalue weighted by Gasteiger charge is -2.34. The van der Waals surface area contributed by atoms with Crippen molar-refractivity contribution in [2.45, 2.75) is 39.3 Å². The maximum Gasteiger partial charge on any atom is 0.244 e. The van der Waals surface area contributed by atoms with Crippen LogP contribution in [-0.4, -0.2) is 50.5 Å². The highest BCUT2D eigenvalue weighted by atomic mass is 35.5. The lowest BCUT2D eigenvalue weighted by atomic mass is 10.0. The second kappa shape index (κ2) is 14.2. The molecule has 0 heterocycles. The molecular formula is C29H32Cl3N3O4S. The van der Waals surface area contributed by atoms with Gasteiger partial charge < -0.3 is 10.2 Å². The Labute approximate surface area is 251 Å². The Hall–Kier alpha value is -2.78. The number of anilines is 1. The third-order valence-corrected chi connectivity index (χ3v) is 8.49. The average Bonchev–Trinajstić information content (AvgIpc) is 2.90. The molecule has 0 saturated carbocycles. The molecule has 214 valence electrons. The third kappa shape index (κ3) is 8.36. The van der Waals surface area contributed by atoms with Crippen molar-refractivity contribution >= 4 is 62.3 Å². The van der Waals surface area contributed by atoms with Crippen LogP contribution < -0.4 is 9.62 Å². The molecule has 2 amide bonds. The Morgan fingerprint density at radius 2 is 1.65 bits per heavy atom. The first-order chi connectivity index (χ1) is 18.9. The summed E-state index contributed by atoms with van der Waals surface area (Å²) in [6.07, 6.45) is 1.94. The van der Waals surface area contributed by atoms with Crippen LogP contribution in [-0.2, 0) is 32.6 Å². The zero-order valence-corrected chi connectivity index (χ0v) is 25.6. The number of nitrogens with zero attached hydrogens (tertiary/aromatic N) is 2. The van der Waals surface area contributed by atoms with E-state index in [1.54, 1.807) is 43.3 Å². The summed E-state index contributed by atoms with van der Waals surface area (Å²) >= 11 is 18.8. The molecule has 11 heteroatoms. The predicted octanol–water partition coefficient (Wildman–Crippen LogP) is 5.89. The normalized spacial score (nSPS) is 12.1. The van der Waals surface area contributed by atoms with Gasteiger partial charge in [-0.15, -0.1) is 0 Å². The SMILES string of the molecule is CCCNC(=O)[C@H](Cc1ccccc1)N(Cc1ccc(Cl)cc1Cl)C(=O)CN(c1cccc(Cl)c1C)S(C)(=O)=O. The molecule has 1 N–H and O–H groups in total. The molecule has 0 radical (unpaired) electrons. The Morgan fingerprint density at radius 3 is 2.27 bits per heavy atom. The van der Waals surface area contributed by atoms with Crippen molar-refractivity contribution in [3.05, 3.63) is 98.5 Å². The largest absolute Gasteiger partial charge is 0.354 e. The van der Waals surface area contributed by atoms with Crippen molar-refractivity contribution in [2.75, 3.05) is 23.7 Å². The van der Waals surface area contributed by atoms with Crippen LogP contribution in [0.4, 0.5) is 5.69 Å². The van der Waals surface area contributed by atoms with E-state index in [2.05, 4.69) is 5.32 Å². The highest BCUT2D eigenvalue weighted by molar-refractivity contribution is 7.92. The number of amides is 2. The first-order valence-corrected chi connectivity index (χ1v) is 15.7. The number of hydrogen-bond acceptors (Lipinski definition) is 4. The molecule has 1 atom stereocenters. The first-order valence-electron chi connectivity index (χ1n) is 12.7. The smallest absolute Gasteiger partial charge is 0.244 e. The summed E-state index contributed by atoms with van der Waals surface area (Å²) in [5.74, 6) is -0.933. The highest BCUT2D eigenvalue weighted by Crippen LogP contribution is 2.29. The van der Waals surface area contributed by atoms with Gasteiger partial charge in [-0.25, -0.2) is 8.42 Å². The molecule has 3 aromatic carbocycles. The van der Waals surface area contributed by atoms with Crippen LogP contribution in [0, 0.1) is 6.92 Å². The molecule has 0 aliphatic rings. The Kier molecular flexibility index (Phi) is 11.3. The Bertz CT molecular complexity index is 1450. The second-order valence-corrected chi connectivity index (χ2v) is 12.6. The minimum atomic E-state index is -3.91. The molecule has 0 fully saturated rings. The summed E-state index contributed by atoms with van der Waals surface area (Å²) in [6, 6.07) is 18.1. The van der Waals surface area contributed by atoms with Crippen molar-refractivity contribution in [3.8, 4) is 0 Å².